The minimum absolute atomic E-state index is 0.0367. The number of amides is 2. The van der Waals surface area contributed by atoms with Crippen molar-refractivity contribution < 1.29 is 4.79 Å². The summed E-state index contributed by atoms with van der Waals surface area (Å²) in [6.45, 7) is 16.6. The van der Waals surface area contributed by atoms with Gasteiger partial charge in [0.15, 0.2) is 5.82 Å². The lowest BCUT2D eigenvalue weighted by atomic mass is 10.1. The highest BCUT2D eigenvalue weighted by Gasteiger charge is 2.26. The SMILES string of the molecule is CCc1ccc(-c2nc3sc(N4CCN(C(=O)NCCC(C)C)CC4)nn3c2NC(C)(C)C)cc1. The third-order valence-corrected chi connectivity index (χ3v) is 7.13. The standard InChI is InChI=1S/C26H39N7OS/c1-7-19-8-10-20(11-9-19)21-22(29-26(4,5)6)33-24(28-21)35-25(30-33)32-16-14-31(15-17-32)23(34)27-13-12-18(2)3/h8-11,18,29H,7,12-17H2,1-6H3,(H,27,34). The molecule has 2 N–H and O–H groups in total. The molecule has 3 aromatic rings. The van der Waals surface area contributed by atoms with Gasteiger partial charge in [0.25, 0.3) is 0 Å². The summed E-state index contributed by atoms with van der Waals surface area (Å²) in [6, 6.07) is 8.66. The van der Waals surface area contributed by atoms with E-state index in [4.69, 9.17) is 10.1 Å². The summed E-state index contributed by atoms with van der Waals surface area (Å²) in [4.78, 5) is 22.5. The largest absolute Gasteiger partial charge is 0.364 e. The quantitative estimate of drug-likeness (QED) is 0.474. The van der Waals surface area contributed by atoms with E-state index in [1.165, 1.54) is 5.56 Å². The maximum absolute atomic E-state index is 12.5. The number of piperazine rings is 1. The summed E-state index contributed by atoms with van der Waals surface area (Å²) in [5.74, 6) is 1.51. The molecule has 1 aliphatic heterocycles. The van der Waals surface area contributed by atoms with Crippen LogP contribution in [0.4, 0.5) is 15.7 Å². The number of fused-ring (bicyclic) bond motifs is 1. The first-order valence-corrected chi connectivity index (χ1v) is 13.5. The van der Waals surface area contributed by atoms with Crippen LogP contribution in [0.1, 0.15) is 53.5 Å². The van der Waals surface area contributed by atoms with Crippen molar-refractivity contribution in [1.29, 1.82) is 0 Å². The average molecular weight is 498 g/mol. The smallest absolute Gasteiger partial charge is 0.317 e. The van der Waals surface area contributed by atoms with E-state index in [9.17, 15) is 4.79 Å². The molecule has 4 rings (SSSR count). The van der Waals surface area contributed by atoms with Gasteiger partial charge in [-0.15, -0.1) is 5.10 Å². The predicted octanol–water partition coefficient (Wildman–Crippen LogP) is 5.11. The fourth-order valence-electron chi connectivity index (χ4n) is 4.11. The third kappa shape index (κ3) is 6.07. The normalized spacial score (nSPS) is 14.7. The average Bonchev–Trinajstić information content (AvgIpc) is 3.37. The van der Waals surface area contributed by atoms with Crippen molar-refractivity contribution in [2.45, 2.75) is 59.9 Å². The van der Waals surface area contributed by atoms with Gasteiger partial charge in [-0.3, -0.25) is 0 Å². The Bertz CT molecular complexity index is 1140. The Morgan fingerprint density at radius 1 is 1.11 bits per heavy atom. The number of aryl methyl sites for hydroxylation is 1. The number of hydrogen-bond acceptors (Lipinski definition) is 6. The number of carbonyl (C=O) groups is 1. The van der Waals surface area contributed by atoms with Crippen molar-refractivity contribution in [3.8, 4) is 11.3 Å². The Balaban J connectivity index is 1.51. The lowest BCUT2D eigenvalue weighted by Crippen LogP contribution is -2.52. The van der Waals surface area contributed by atoms with E-state index >= 15 is 0 Å². The van der Waals surface area contributed by atoms with Gasteiger partial charge >= 0.3 is 6.03 Å². The van der Waals surface area contributed by atoms with E-state index in [1.54, 1.807) is 11.3 Å². The monoisotopic (exact) mass is 497 g/mol. The molecular formula is C26H39N7OS. The molecule has 1 fully saturated rings. The number of anilines is 2. The summed E-state index contributed by atoms with van der Waals surface area (Å²) in [5, 5.41) is 12.6. The molecule has 1 saturated heterocycles. The number of benzene rings is 1. The van der Waals surface area contributed by atoms with Gasteiger partial charge in [0.1, 0.15) is 5.69 Å². The first-order valence-electron chi connectivity index (χ1n) is 12.7. The van der Waals surface area contributed by atoms with Crippen LogP contribution >= 0.6 is 11.3 Å². The lowest BCUT2D eigenvalue weighted by Gasteiger charge is -2.34. The van der Waals surface area contributed by atoms with Crippen LogP contribution in [0.2, 0.25) is 0 Å². The van der Waals surface area contributed by atoms with Crippen LogP contribution in [0.5, 0.6) is 0 Å². The molecule has 1 aliphatic rings. The van der Waals surface area contributed by atoms with Crippen LogP contribution in [0, 0.1) is 5.92 Å². The molecule has 3 heterocycles. The summed E-state index contributed by atoms with van der Waals surface area (Å²) in [6.07, 6.45) is 2.02. The predicted molar refractivity (Wildman–Crippen MR) is 146 cm³/mol. The van der Waals surface area contributed by atoms with Crippen LogP contribution < -0.4 is 15.5 Å². The van der Waals surface area contributed by atoms with Gasteiger partial charge in [-0.25, -0.2) is 9.78 Å². The zero-order valence-electron chi connectivity index (χ0n) is 21.9. The zero-order chi connectivity index (χ0) is 25.2. The number of carbonyl (C=O) groups excluding carboxylic acids is 1. The summed E-state index contributed by atoms with van der Waals surface area (Å²) >= 11 is 1.60. The molecule has 190 valence electrons. The van der Waals surface area contributed by atoms with Crippen molar-refractivity contribution in [3.63, 3.8) is 0 Å². The Labute approximate surface area is 212 Å². The Hall–Kier alpha value is -2.81. The molecule has 35 heavy (non-hydrogen) atoms. The van der Waals surface area contributed by atoms with Crippen molar-refractivity contribution in [3.05, 3.63) is 29.8 Å². The molecule has 0 unspecified atom stereocenters. The van der Waals surface area contributed by atoms with E-state index in [-0.39, 0.29) is 11.6 Å². The topological polar surface area (TPSA) is 77.8 Å². The van der Waals surface area contributed by atoms with E-state index in [0.717, 1.165) is 59.6 Å². The van der Waals surface area contributed by atoms with E-state index < -0.39 is 0 Å². The van der Waals surface area contributed by atoms with Crippen LogP contribution in [-0.4, -0.2) is 63.8 Å². The van der Waals surface area contributed by atoms with Gasteiger partial charge < -0.3 is 20.4 Å². The van der Waals surface area contributed by atoms with Crippen molar-refractivity contribution in [2.75, 3.05) is 42.9 Å². The highest BCUT2D eigenvalue weighted by molar-refractivity contribution is 7.20. The summed E-state index contributed by atoms with van der Waals surface area (Å²) < 4.78 is 1.94. The maximum atomic E-state index is 12.5. The van der Waals surface area contributed by atoms with Gasteiger partial charge in [-0.1, -0.05) is 56.4 Å². The number of urea groups is 1. The van der Waals surface area contributed by atoms with E-state index in [0.29, 0.717) is 19.0 Å². The molecule has 2 aromatic heterocycles. The third-order valence-electron chi connectivity index (χ3n) is 6.16. The number of aromatic nitrogens is 3. The zero-order valence-corrected chi connectivity index (χ0v) is 22.7. The van der Waals surface area contributed by atoms with Gasteiger partial charge in [0.2, 0.25) is 10.1 Å². The second kappa shape index (κ2) is 10.4. The molecule has 0 saturated carbocycles. The maximum Gasteiger partial charge on any atom is 0.317 e. The highest BCUT2D eigenvalue weighted by Crippen LogP contribution is 2.35. The molecule has 0 bridgehead atoms. The van der Waals surface area contributed by atoms with Crippen LogP contribution in [0.25, 0.3) is 16.2 Å². The molecule has 0 atom stereocenters. The minimum Gasteiger partial charge on any atom is -0.364 e. The van der Waals surface area contributed by atoms with Gasteiger partial charge in [0.05, 0.1) is 0 Å². The highest BCUT2D eigenvalue weighted by atomic mass is 32.1. The molecular weight excluding hydrogens is 458 g/mol. The fraction of sp³-hybridized carbons (Fsp3) is 0.577. The Morgan fingerprint density at radius 3 is 2.40 bits per heavy atom. The number of nitrogens with one attached hydrogen (secondary N) is 2. The molecule has 0 spiro atoms. The number of nitrogens with zero attached hydrogens (tertiary/aromatic N) is 5. The number of imidazole rings is 1. The number of rotatable bonds is 7. The number of hydrogen-bond donors (Lipinski definition) is 2. The van der Waals surface area contributed by atoms with Crippen molar-refractivity contribution >= 4 is 33.3 Å². The Morgan fingerprint density at radius 2 is 1.80 bits per heavy atom. The van der Waals surface area contributed by atoms with Crippen molar-refractivity contribution in [2.24, 2.45) is 5.92 Å². The van der Waals surface area contributed by atoms with Gasteiger partial charge in [-0.2, -0.15) is 4.52 Å². The Kier molecular flexibility index (Phi) is 7.54. The summed E-state index contributed by atoms with van der Waals surface area (Å²) in [5.41, 5.74) is 3.20. The van der Waals surface area contributed by atoms with Crippen molar-refractivity contribution in [1.82, 2.24) is 24.8 Å². The summed E-state index contributed by atoms with van der Waals surface area (Å²) in [7, 11) is 0. The van der Waals surface area contributed by atoms with E-state index in [1.807, 2.05) is 9.42 Å². The van der Waals surface area contributed by atoms with Crippen LogP contribution in [0.3, 0.4) is 0 Å². The van der Waals surface area contributed by atoms with E-state index in [2.05, 4.69) is 81.3 Å². The molecule has 9 heteroatoms. The molecule has 8 nitrogen and oxygen atoms in total. The fourth-order valence-corrected chi connectivity index (χ4v) is 5.07. The van der Waals surface area contributed by atoms with Gasteiger partial charge in [-0.05, 0) is 45.1 Å². The second-order valence-electron chi connectivity index (χ2n) is 10.7. The first-order chi connectivity index (χ1) is 16.6. The molecule has 0 aliphatic carbocycles. The van der Waals surface area contributed by atoms with Gasteiger partial charge in [0, 0.05) is 43.8 Å². The lowest BCUT2D eigenvalue weighted by molar-refractivity contribution is 0.194. The van der Waals surface area contributed by atoms with Crippen LogP contribution in [0.15, 0.2) is 24.3 Å². The molecule has 2 amide bonds. The second-order valence-corrected chi connectivity index (χ2v) is 11.6. The minimum atomic E-state index is -0.133. The molecule has 1 aromatic carbocycles. The molecule has 0 radical (unpaired) electrons. The van der Waals surface area contributed by atoms with Crippen LogP contribution in [-0.2, 0) is 6.42 Å². The first kappa shape index (κ1) is 25.3.